The van der Waals surface area contributed by atoms with Crippen LogP contribution in [0.5, 0.6) is 0 Å². The van der Waals surface area contributed by atoms with Gasteiger partial charge in [-0.3, -0.25) is 0 Å². The second-order valence-electron chi connectivity index (χ2n) is 8.24. The lowest BCUT2D eigenvalue weighted by atomic mass is 10.0. The molecule has 0 fully saturated rings. The first kappa shape index (κ1) is 22.4. The van der Waals surface area contributed by atoms with Gasteiger partial charge in [0.15, 0.2) is 0 Å². The third kappa shape index (κ3) is 9.56. The number of hydrogen-bond donors (Lipinski definition) is 0. The number of hydrogen-bond acceptors (Lipinski definition) is 2. The Balaban J connectivity index is 2.14. The summed E-state index contributed by atoms with van der Waals surface area (Å²) in [6, 6.07) is 0.612. The van der Waals surface area contributed by atoms with Gasteiger partial charge in [-0.2, -0.15) is 0 Å². The van der Waals surface area contributed by atoms with Gasteiger partial charge in [0.25, 0.3) is 0 Å². The molecule has 2 heteroatoms. The lowest BCUT2D eigenvalue weighted by Gasteiger charge is -2.35. The maximum Gasteiger partial charge on any atom is 0.101 e. The molecule has 1 atom stereocenters. The van der Waals surface area contributed by atoms with Gasteiger partial charge < -0.3 is 9.80 Å². The van der Waals surface area contributed by atoms with Gasteiger partial charge in [-0.25, -0.2) is 0 Å². The summed E-state index contributed by atoms with van der Waals surface area (Å²) < 4.78 is 0. The molecule has 1 aliphatic heterocycles. The van der Waals surface area contributed by atoms with Gasteiger partial charge in [0.05, 0.1) is 0 Å². The summed E-state index contributed by atoms with van der Waals surface area (Å²) in [5.41, 5.74) is 0. The summed E-state index contributed by atoms with van der Waals surface area (Å²) in [6.07, 6.45) is 24.9. The lowest BCUT2D eigenvalue weighted by Crippen LogP contribution is -2.42. The van der Waals surface area contributed by atoms with E-state index < -0.39 is 0 Å². The van der Waals surface area contributed by atoms with Crippen LogP contribution in [0.4, 0.5) is 0 Å². The first-order chi connectivity index (χ1) is 12.2. The largest absolute Gasteiger partial charge is 0.356 e. The van der Waals surface area contributed by atoms with E-state index in [4.69, 9.17) is 0 Å². The molecule has 0 saturated heterocycles. The van der Waals surface area contributed by atoms with Crippen LogP contribution in [0.1, 0.15) is 118 Å². The highest BCUT2D eigenvalue weighted by Gasteiger charge is 2.26. The number of unbranched alkanes of at least 4 members (excludes halogenated alkanes) is 11. The Hall–Kier alpha value is -0.660. The molecule has 1 heterocycles. The van der Waals surface area contributed by atoms with E-state index in [0.717, 1.165) is 0 Å². The van der Waals surface area contributed by atoms with E-state index >= 15 is 0 Å². The molecular formula is C23H46N2. The molecule has 0 amide bonds. The molecule has 0 aromatic carbocycles. The van der Waals surface area contributed by atoms with E-state index in [0.29, 0.717) is 12.2 Å². The van der Waals surface area contributed by atoms with Crippen molar-refractivity contribution in [1.29, 1.82) is 0 Å². The van der Waals surface area contributed by atoms with Crippen molar-refractivity contribution < 1.29 is 0 Å². The van der Waals surface area contributed by atoms with Gasteiger partial charge in [0.1, 0.15) is 6.17 Å². The summed E-state index contributed by atoms with van der Waals surface area (Å²) >= 11 is 0. The Morgan fingerprint density at radius 1 is 0.680 bits per heavy atom. The summed E-state index contributed by atoms with van der Waals surface area (Å²) in [4.78, 5) is 5.17. The Bertz CT molecular complexity index is 324. The second kappa shape index (κ2) is 14.5. The Labute approximate surface area is 159 Å². The zero-order valence-electron chi connectivity index (χ0n) is 17.8. The van der Waals surface area contributed by atoms with Gasteiger partial charge in [-0.15, -0.1) is 0 Å². The summed E-state index contributed by atoms with van der Waals surface area (Å²) in [5, 5.41) is 0. The number of nitrogens with zero attached hydrogens (tertiary/aromatic N) is 2. The molecule has 1 rings (SSSR count). The average molecular weight is 351 g/mol. The Morgan fingerprint density at radius 2 is 1.20 bits per heavy atom. The Morgan fingerprint density at radius 3 is 1.76 bits per heavy atom. The van der Waals surface area contributed by atoms with E-state index in [1.54, 1.807) is 0 Å². The SMILES string of the molecule is CCCCCCCCCCCCC1N(CCCCC)C=CN1C(C)C. The quantitative estimate of drug-likeness (QED) is 0.269. The van der Waals surface area contributed by atoms with Gasteiger partial charge >= 0.3 is 0 Å². The molecule has 0 radical (unpaired) electrons. The van der Waals surface area contributed by atoms with E-state index in [2.05, 4.69) is 49.9 Å². The highest BCUT2D eigenvalue weighted by molar-refractivity contribution is 4.98. The molecule has 1 aliphatic rings. The molecule has 0 bridgehead atoms. The van der Waals surface area contributed by atoms with Crippen LogP contribution >= 0.6 is 0 Å². The molecule has 0 aliphatic carbocycles. The van der Waals surface area contributed by atoms with Crippen LogP contribution in [0.15, 0.2) is 12.4 Å². The van der Waals surface area contributed by atoms with Crippen molar-refractivity contribution in [3.8, 4) is 0 Å². The molecular weight excluding hydrogens is 304 g/mol. The second-order valence-corrected chi connectivity index (χ2v) is 8.24. The summed E-state index contributed by atoms with van der Waals surface area (Å²) in [5.74, 6) is 0. The highest BCUT2D eigenvalue weighted by Crippen LogP contribution is 2.24. The zero-order valence-corrected chi connectivity index (χ0v) is 17.8. The highest BCUT2D eigenvalue weighted by atomic mass is 15.4. The van der Waals surface area contributed by atoms with Gasteiger partial charge in [-0.1, -0.05) is 84.5 Å². The van der Waals surface area contributed by atoms with Crippen LogP contribution in [0, 0.1) is 0 Å². The van der Waals surface area contributed by atoms with Gasteiger partial charge in [0.2, 0.25) is 0 Å². The van der Waals surface area contributed by atoms with E-state index in [1.807, 2.05) is 0 Å². The number of rotatable bonds is 16. The smallest absolute Gasteiger partial charge is 0.101 e. The zero-order chi connectivity index (χ0) is 18.3. The molecule has 148 valence electrons. The molecule has 0 aromatic rings. The Kier molecular flexibility index (Phi) is 13.0. The average Bonchev–Trinajstić information content (AvgIpc) is 3.00. The van der Waals surface area contributed by atoms with Crippen molar-refractivity contribution in [2.24, 2.45) is 0 Å². The van der Waals surface area contributed by atoms with Crippen molar-refractivity contribution in [3.05, 3.63) is 12.4 Å². The summed E-state index contributed by atoms with van der Waals surface area (Å²) in [6.45, 7) is 10.5. The fraction of sp³-hybridized carbons (Fsp3) is 0.913. The summed E-state index contributed by atoms with van der Waals surface area (Å²) in [7, 11) is 0. The van der Waals surface area contributed by atoms with Crippen molar-refractivity contribution >= 4 is 0 Å². The van der Waals surface area contributed by atoms with Gasteiger partial charge in [-0.05, 0) is 33.1 Å². The standard InChI is InChI=1S/C23H46N2/c1-5-7-9-10-11-12-13-14-15-16-18-23-24(19-17-8-6-2)20-21-25(23)22(3)4/h20-23H,5-19H2,1-4H3. The first-order valence-electron chi connectivity index (χ1n) is 11.4. The lowest BCUT2D eigenvalue weighted by molar-refractivity contribution is 0.114. The molecule has 0 spiro atoms. The van der Waals surface area contributed by atoms with Crippen LogP contribution in [0.2, 0.25) is 0 Å². The van der Waals surface area contributed by atoms with Crippen molar-refractivity contribution in [3.63, 3.8) is 0 Å². The first-order valence-corrected chi connectivity index (χ1v) is 11.4. The van der Waals surface area contributed by atoms with Gasteiger partial charge in [0, 0.05) is 25.0 Å². The predicted octanol–water partition coefficient (Wildman–Crippen LogP) is 7.31. The third-order valence-corrected chi connectivity index (χ3v) is 5.59. The normalized spacial score (nSPS) is 17.2. The van der Waals surface area contributed by atoms with Crippen LogP contribution in [0.25, 0.3) is 0 Å². The van der Waals surface area contributed by atoms with E-state index in [1.165, 1.54) is 96.4 Å². The van der Waals surface area contributed by atoms with Crippen LogP contribution in [-0.2, 0) is 0 Å². The fourth-order valence-corrected chi connectivity index (χ4v) is 3.95. The van der Waals surface area contributed by atoms with Crippen LogP contribution in [-0.4, -0.2) is 28.6 Å². The molecule has 0 saturated carbocycles. The maximum absolute atomic E-state index is 2.60. The van der Waals surface area contributed by atoms with E-state index in [9.17, 15) is 0 Å². The van der Waals surface area contributed by atoms with E-state index in [-0.39, 0.29) is 0 Å². The minimum absolute atomic E-state index is 0.612. The van der Waals surface area contributed by atoms with Crippen molar-refractivity contribution in [2.75, 3.05) is 6.54 Å². The topological polar surface area (TPSA) is 6.48 Å². The minimum Gasteiger partial charge on any atom is -0.356 e. The van der Waals surface area contributed by atoms with Crippen molar-refractivity contribution in [2.45, 2.75) is 130 Å². The molecule has 25 heavy (non-hydrogen) atoms. The fourth-order valence-electron chi connectivity index (χ4n) is 3.95. The molecule has 0 N–H and O–H groups in total. The molecule has 0 aromatic heterocycles. The predicted molar refractivity (Wildman–Crippen MR) is 113 cm³/mol. The molecule has 2 nitrogen and oxygen atoms in total. The van der Waals surface area contributed by atoms with Crippen LogP contribution < -0.4 is 0 Å². The van der Waals surface area contributed by atoms with Crippen LogP contribution in [0.3, 0.4) is 0 Å². The maximum atomic E-state index is 2.60. The minimum atomic E-state index is 0.612. The third-order valence-electron chi connectivity index (χ3n) is 5.59. The monoisotopic (exact) mass is 350 g/mol. The van der Waals surface area contributed by atoms with Crippen molar-refractivity contribution in [1.82, 2.24) is 9.80 Å². The molecule has 1 unspecified atom stereocenters.